The van der Waals surface area contributed by atoms with E-state index < -0.39 is 5.97 Å². The minimum Gasteiger partial charge on any atom is -0.497 e. The zero-order chi connectivity index (χ0) is 19.1. The van der Waals surface area contributed by atoms with Crippen molar-refractivity contribution >= 4 is 29.0 Å². The molecule has 1 aromatic carbocycles. The van der Waals surface area contributed by atoms with Gasteiger partial charge in [-0.3, -0.25) is 9.59 Å². The highest BCUT2D eigenvalue weighted by Gasteiger charge is 2.17. The molecule has 138 valence electrons. The Hall–Kier alpha value is -2.87. The van der Waals surface area contributed by atoms with Gasteiger partial charge >= 0.3 is 5.97 Å². The van der Waals surface area contributed by atoms with Crippen LogP contribution in [0, 0.1) is 0 Å². The van der Waals surface area contributed by atoms with Gasteiger partial charge in [0, 0.05) is 17.9 Å². The second kappa shape index (κ2) is 9.00. The van der Waals surface area contributed by atoms with Crippen molar-refractivity contribution in [3.63, 3.8) is 0 Å². The van der Waals surface area contributed by atoms with E-state index in [0.717, 1.165) is 4.88 Å². The molecule has 0 fully saturated rings. The number of hydrogen-bond donors (Lipinski definition) is 1. The van der Waals surface area contributed by atoms with Crippen LogP contribution in [0.15, 0.2) is 30.3 Å². The molecule has 0 aliphatic heterocycles. The maximum absolute atomic E-state index is 12.2. The highest BCUT2D eigenvalue weighted by Crippen LogP contribution is 2.25. The van der Waals surface area contributed by atoms with Crippen molar-refractivity contribution in [2.75, 3.05) is 20.8 Å². The van der Waals surface area contributed by atoms with E-state index in [1.165, 1.54) is 38.5 Å². The molecule has 2 aromatic rings. The van der Waals surface area contributed by atoms with Crippen LogP contribution in [0.1, 0.15) is 31.8 Å². The molecule has 1 heterocycles. The molecule has 0 spiro atoms. The van der Waals surface area contributed by atoms with Crippen LogP contribution in [0.25, 0.3) is 0 Å². The summed E-state index contributed by atoms with van der Waals surface area (Å²) in [5.41, 5.74) is 0.207. The van der Waals surface area contributed by atoms with E-state index in [4.69, 9.17) is 14.2 Å². The van der Waals surface area contributed by atoms with E-state index in [-0.39, 0.29) is 23.9 Å². The van der Waals surface area contributed by atoms with E-state index in [1.807, 2.05) is 0 Å². The lowest BCUT2D eigenvalue weighted by atomic mass is 10.2. The third kappa shape index (κ3) is 5.06. The number of Topliss-reactive ketones (excluding diaryl/α,β-unsaturated/α-hetero) is 1. The summed E-state index contributed by atoms with van der Waals surface area (Å²) in [5, 5.41) is 2.66. The maximum atomic E-state index is 12.2. The van der Waals surface area contributed by atoms with Gasteiger partial charge in [-0.25, -0.2) is 4.79 Å². The number of ketones is 1. The first-order valence-corrected chi connectivity index (χ1v) is 8.51. The molecule has 0 bridgehead atoms. The van der Waals surface area contributed by atoms with E-state index in [2.05, 4.69) is 5.32 Å². The summed E-state index contributed by atoms with van der Waals surface area (Å²) >= 11 is 1.25. The Bertz CT molecular complexity index is 814. The predicted octanol–water partition coefficient (Wildman–Crippen LogP) is 2.44. The standard InChI is InChI=1S/C18H19NO6S/c1-11(20)19-9-13-5-7-17(26-13)15(21)10-25-18(22)14-6-4-12(23-2)8-16(14)24-3/h4-8H,9-10H2,1-3H3,(H,19,20). The Morgan fingerprint density at radius 3 is 2.50 bits per heavy atom. The van der Waals surface area contributed by atoms with Gasteiger partial charge in [0.05, 0.1) is 25.6 Å². The van der Waals surface area contributed by atoms with Crippen molar-refractivity contribution in [2.24, 2.45) is 0 Å². The maximum Gasteiger partial charge on any atom is 0.342 e. The number of esters is 1. The molecule has 8 heteroatoms. The van der Waals surface area contributed by atoms with Crippen molar-refractivity contribution in [2.45, 2.75) is 13.5 Å². The van der Waals surface area contributed by atoms with Gasteiger partial charge in [0.25, 0.3) is 0 Å². The first kappa shape index (κ1) is 19.5. The monoisotopic (exact) mass is 377 g/mol. The molecule has 1 aromatic heterocycles. The van der Waals surface area contributed by atoms with Crippen LogP contribution in [0.2, 0.25) is 0 Å². The normalized spacial score (nSPS) is 10.1. The molecular weight excluding hydrogens is 358 g/mol. The van der Waals surface area contributed by atoms with Crippen molar-refractivity contribution in [1.82, 2.24) is 5.32 Å². The lowest BCUT2D eigenvalue weighted by Crippen LogP contribution is -2.18. The molecule has 1 amide bonds. The largest absolute Gasteiger partial charge is 0.497 e. The summed E-state index contributed by atoms with van der Waals surface area (Å²) in [4.78, 5) is 36.6. The average molecular weight is 377 g/mol. The fraction of sp³-hybridized carbons (Fsp3) is 0.278. The number of thiophene rings is 1. The topological polar surface area (TPSA) is 90.9 Å². The summed E-state index contributed by atoms with van der Waals surface area (Å²) in [5.74, 6) is -0.276. The van der Waals surface area contributed by atoms with E-state index in [1.54, 1.807) is 24.3 Å². The smallest absolute Gasteiger partial charge is 0.342 e. The lowest BCUT2D eigenvalue weighted by Gasteiger charge is -2.09. The summed E-state index contributed by atoms with van der Waals surface area (Å²) in [6.45, 7) is 1.40. The van der Waals surface area contributed by atoms with Crippen LogP contribution in [0.3, 0.4) is 0 Å². The number of nitrogens with one attached hydrogen (secondary N) is 1. The number of hydrogen-bond acceptors (Lipinski definition) is 7. The molecular formula is C18H19NO6S. The van der Waals surface area contributed by atoms with Gasteiger partial charge in [0.2, 0.25) is 11.7 Å². The van der Waals surface area contributed by atoms with E-state index >= 15 is 0 Å². The quantitative estimate of drug-likeness (QED) is 0.561. The number of rotatable bonds is 8. The number of benzene rings is 1. The first-order chi connectivity index (χ1) is 12.4. The molecule has 26 heavy (non-hydrogen) atoms. The van der Waals surface area contributed by atoms with Gasteiger partial charge < -0.3 is 19.5 Å². The van der Waals surface area contributed by atoms with Gasteiger partial charge in [0.1, 0.15) is 17.1 Å². The Kier molecular flexibility index (Phi) is 6.74. The third-order valence-electron chi connectivity index (χ3n) is 3.41. The summed E-state index contributed by atoms with van der Waals surface area (Å²) < 4.78 is 15.3. The number of ether oxygens (including phenoxy) is 3. The third-order valence-corrected chi connectivity index (χ3v) is 4.54. The fourth-order valence-corrected chi connectivity index (χ4v) is 2.95. The minimum absolute atomic E-state index is 0.145. The van der Waals surface area contributed by atoms with Crippen LogP contribution in [0.5, 0.6) is 11.5 Å². The Labute approximate surface area is 154 Å². The van der Waals surface area contributed by atoms with Gasteiger partial charge in [-0.2, -0.15) is 0 Å². The van der Waals surface area contributed by atoms with Gasteiger partial charge in [0.15, 0.2) is 6.61 Å². The fourth-order valence-electron chi connectivity index (χ4n) is 2.08. The second-order valence-corrected chi connectivity index (χ2v) is 6.41. The van der Waals surface area contributed by atoms with Crippen LogP contribution in [-0.4, -0.2) is 38.5 Å². The van der Waals surface area contributed by atoms with Gasteiger partial charge in [-0.05, 0) is 24.3 Å². The molecule has 1 N–H and O–H groups in total. The van der Waals surface area contributed by atoms with E-state index in [9.17, 15) is 14.4 Å². The lowest BCUT2D eigenvalue weighted by molar-refractivity contribution is -0.119. The molecule has 0 unspecified atom stereocenters. The predicted molar refractivity (Wildman–Crippen MR) is 96.0 cm³/mol. The number of carbonyl (C=O) groups is 3. The summed E-state index contributed by atoms with van der Waals surface area (Å²) in [6, 6.07) is 8.08. The molecule has 0 aliphatic rings. The Balaban J connectivity index is 1.97. The average Bonchev–Trinajstić information content (AvgIpc) is 3.12. The molecule has 0 saturated carbocycles. The molecule has 0 saturated heterocycles. The number of methoxy groups -OCH3 is 2. The van der Waals surface area contributed by atoms with Gasteiger partial charge in [-0.1, -0.05) is 0 Å². The van der Waals surface area contributed by atoms with Crippen molar-refractivity contribution < 1.29 is 28.6 Å². The highest BCUT2D eigenvalue weighted by molar-refractivity contribution is 7.14. The zero-order valence-corrected chi connectivity index (χ0v) is 15.5. The van der Waals surface area contributed by atoms with Crippen molar-refractivity contribution in [3.05, 3.63) is 45.6 Å². The Morgan fingerprint density at radius 2 is 1.85 bits per heavy atom. The molecule has 0 atom stereocenters. The highest BCUT2D eigenvalue weighted by atomic mass is 32.1. The van der Waals surface area contributed by atoms with Crippen LogP contribution in [-0.2, 0) is 16.1 Å². The molecule has 0 radical (unpaired) electrons. The first-order valence-electron chi connectivity index (χ1n) is 7.70. The molecule has 0 aliphatic carbocycles. The van der Waals surface area contributed by atoms with Crippen LogP contribution in [0.4, 0.5) is 0 Å². The minimum atomic E-state index is -0.659. The summed E-state index contributed by atoms with van der Waals surface area (Å²) in [6.07, 6.45) is 0. The van der Waals surface area contributed by atoms with Crippen molar-refractivity contribution in [3.8, 4) is 11.5 Å². The van der Waals surface area contributed by atoms with Crippen LogP contribution >= 0.6 is 11.3 Å². The van der Waals surface area contributed by atoms with Gasteiger partial charge in [-0.15, -0.1) is 11.3 Å². The second-order valence-electron chi connectivity index (χ2n) is 5.24. The number of carbonyl (C=O) groups excluding carboxylic acids is 3. The Morgan fingerprint density at radius 1 is 1.08 bits per heavy atom. The molecule has 2 rings (SSSR count). The van der Waals surface area contributed by atoms with Crippen LogP contribution < -0.4 is 14.8 Å². The number of amides is 1. The SMILES string of the molecule is COc1ccc(C(=O)OCC(=O)c2ccc(CNC(C)=O)s2)c(OC)c1. The zero-order valence-electron chi connectivity index (χ0n) is 14.7. The van der Waals surface area contributed by atoms with E-state index in [0.29, 0.717) is 22.9 Å². The molecule has 7 nitrogen and oxygen atoms in total. The van der Waals surface area contributed by atoms with Crippen molar-refractivity contribution in [1.29, 1.82) is 0 Å². The summed E-state index contributed by atoms with van der Waals surface area (Å²) in [7, 11) is 2.94.